The van der Waals surface area contributed by atoms with Gasteiger partial charge < -0.3 is 11.2 Å². The summed E-state index contributed by atoms with van der Waals surface area (Å²) in [5.41, 5.74) is 5.42. The Balaban J connectivity index is 0.00000612. The van der Waals surface area contributed by atoms with Crippen molar-refractivity contribution in [3.8, 4) is 0 Å². The zero-order valence-corrected chi connectivity index (χ0v) is 27.1. The van der Waals surface area contributed by atoms with Gasteiger partial charge in [-0.25, -0.2) is 4.57 Å². The third-order valence-corrected chi connectivity index (χ3v) is 6.71. The summed E-state index contributed by atoms with van der Waals surface area (Å²) in [5.74, 6) is 0. The van der Waals surface area contributed by atoms with Crippen LogP contribution in [0.4, 0.5) is 0 Å². The molecule has 0 heterocycles. The molecule has 0 bridgehead atoms. The molecule has 4 nitrogen and oxygen atoms in total. The van der Waals surface area contributed by atoms with E-state index >= 15 is 0 Å². The van der Waals surface area contributed by atoms with Crippen molar-refractivity contribution in [1.82, 2.24) is 0 Å². The molecule has 0 aliphatic carbocycles. The minimum atomic E-state index is -4.78. The fourth-order valence-corrected chi connectivity index (χ4v) is 4.31. The molecule has 6 heteroatoms. The maximum atomic E-state index is 12.2. The van der Waals surface area contributed by atoms with E-state index in [2.05, 4.69) is 95.2 Å². The van der Waals surface area contributed by atoms with Gasteiger partial charge in [-0.1, -0.05) is 119 Å². The average molecular weight is 513 g/mol. The van der Waals surface area contributed by atoms with Gasteiger partial charge in [-0.3, -0.25) is 4.52 Å². The zero-order chi connectivity index (χ0) is 26.5. The van der Waals surface area contributed by atoms with E-state index in [0.29, 0.717) is 0 Å². The van der Waals surface area contributed by atoms with Gasteiger partial charge in [0.15, 0.2) is 0 Å². The molecule has 35 heavy (non-hydrogen) atoms. The van der Waals surface area contributed by atoms with Gasteiger partial charge in [0.25, 0.3) is 0 Å². The summed E-state index contributed by atoms with van der Waals surface area (Å²) in [4.78, 5) is 19.8. The second-order valence-electron chi connectivity index (χ2n) is 13.7. The summed E-state index contributed by atoms with van der Waals surface area (Å²) in [5, 5.41) is 0. The van der Waals surface area contributed by atoms with E-state index in [1.807, 2.05) is 24.3 Å². The second-order valence-corrected chi connectivity index (χ2v) is 14.9. The summed E-state index contributed by atoms with van der Waals surface area (Å²) in [6, 6.07) is 12.5. The predicted molar refractivity (Wildman–Crippen MR) is 144 cm³/mol. The van der Waals surface area contributed by atoms with Crippen LogP contribution in [0.2, 0.25) is 0 Å². The number of benzene rings is 2. The smallest absolute Gasteiger partial charge is 1.00 e. The molecule has 2 rings (SSSR count). The van der Waals surface area contributed by atoms with Gasteiger partial charge in [-0.15, -0.1) is 0 Å². The first-order valence-corrected chi connectivity index (χ1v) is 13.6. The van der Waals surface area contributed by atoms with Crippen LogP contribution in [0.15, 0.2) is 36.4 Å². The monoisotopic (exact) mass is 512 g/mol. The van der Waals surface area contributed by atoms with Crippen LogP contribution in [-0.4, -0.2) is 9.79 Å². The molecule has 0 aliphatic rings. The van der Waals surface area contributed by atoms with Gasteiger partial charge in [0.2, 0.25) is 0 Å². The summed E-state index contributed by atoms with van der Waals surface area (Å²) in [6.45, 7) is 25.8. The van der Waals surface area contributed by atoms with Crippen molar-refractivity contribution in [3.63, 3.8) is 0 Å². The molecular formula is C29H46NaO4P. The van der Waals surface area contributed by atoms with Crippen LogP contribution in [0, 0.1) is 0 Å². The second kappa shape index (κ2) is 10.7. The Morgan fingerprint density at radius 3 is 1.00 bits per heavy atom. The van der Waals surface area contributed by atoms with E-state index in [0.717, 1.165) is 33.4 Å². The fraction of sp³-hybridized carbons (Fsp3) is 0.586. The molecule has 0 spiro atoms. The molecule has 2 aromatic rings. The van der Waals surface area contributed by atoms with Crippen LogP contribution < -0.4 is 29.6 Å². The van der Waals surface area contributed by atoms with E-state index in [4.69, 9.17) is 4.52 Å². The van der Waals surface area contributed by atoms with Crippen molar-refractivity contribution >= 4 is 7.82 Å². The molecule has 0 amide bonds. The molecule has 0 aliphatic heterocycles. The minimum absolute atomic E-state index is 0. The number of hydrogen-bond acceptors (Lipinski definition) is 2. The van der Waals surface area contributed by atoms with E-state index in [9.17, 15) is 14.4 Å². The van der Waals surface area contributed by atoms with E-state index < -0.39 is 13.9 Å². The Kier molecular flexibility index (Phi) is 9.99. The molecule has 0 saturated heterocycles. The maximum absolute atomic E-state index is 12.2. The third-order valence-electron chi connectivity index (χ3n) is 6.22. The maximum Gasteiger partial charge on any atom is 1.00 e. The normalized spacial score (nSPS) is 13.7. The molecule has 0 saturated carbocycles. The molecule has 0 unspecified atom stereocenters. The number of rotatable bonds is 4. The number of phosphoric ester groups is 1. The van der Waals surface area contributed by atoms with Crippen molar-refractivity contribution < 1.29 is 49.9 Å². The van der Waals surface area contributed by atoms with Crippen molar-refractivity contribution in [2.75, 3.05) is 0 Å². The fourth-order valence-electron chi connectivity index (χ4n) is 3.79. The number of phosphoric acid groups is 1. The van der Waals surface area contributed by atoms with Crippen LogP contribution >= 0.6 is 7.82 Å². The Hall–Kier alpha value is -0.450. The molecule has 0 atom stereocenters. The van der Waals surface area contributed by atoms with E-state index in [1.165, 1.54) is 0 Å². The molecule has 0 fully saturated rings. The molecule has 2 aromatic carbocycles. The topological polar surface area (TPSA) is 66.8 Å². The van der Waals surface area contributed by atoms with Gasteiger partial charge in [0.05, 0.1) is 0 Å². The van der Waals surface area contributed by atoms with Gasteiger partial charge in [0.1, 0.15) is 6.10 Å². The van der Waals surface area contributed by atoms with Crippen molar-refractivity contribution in [1.29, 1.82) is 0 Å². The van der Waals surface area contributed by atoms with Crippen LogP contribution in [0.5, 0.6) is 0 Å². The van der Waals surface area contributed by atoms with Crippen LogP contribution in [0.3, 0.4) is 0 Å². The Morgan fingerprint density at radius 2 is 0.829 bits per heavy atom. The van der Waals surface area contributed by atoms with Crippen molar-refractivity contribution in [3.05, 3.63) is 69.8 Å². The molecule has 0 radical (unpaired) electrons. The van der Waals surface area contributed by atoms with Crippen LogP contribution in [0.1, 0.15) is 124 Å². The standard InChI is InChI=1S/C29H45O4P.Na.H/c1-26(2,3)21-13-19(14-22(17-21)27(4,5)6)25(33-34(30,31)32)20-15-23(28(7,8)9)18-24(16-20)29(10,11)12;;/h13-18,25H,1-12H3,(H2,30,31,32);;/q;+1;-1. The summed E-state index contributed by atoms with van der Waals surface area (Å²) >= 11 is 0. The quantitative estimate of drug-likeness (QED) is 0.437. The first kappa shape index (κ1) is 32.6. The van der Waals surface area contributed by atoms with E-state index in [1.54, 1.807) is 0 Å². The summed E-state index contributed by atoms with van der Waals surface area (Å²) in [6.07, 6.45) is -0.896. The third kappa shape index (κ3) is 9.11. The predicted octanol–water partition coefficient (Wildman–Crippen LogP) is 5.19. The SMILES string of the molecule is CC(C)(C)c1cc(C(OP(=O)(O)O)c2cc(C(C)(C)C)cc(C(C)(C)C)c2)cc(C(C)(C)C)c1.[H-].[Na+]. The Morgan fingerprint density at radius 1 is 0.600 bits per heavy atom. The largest absolute Gasteiger partial charge is 1.00 e. The van der Waals surface area contributed by atoms with Crippen LogP contribution in [-0.2, 0) is 30.7 Å². The van der Waals surface area contributed by atoms with Gasteiger partial charge in [-0.05, 0) is 55.0 Å². The summed E-state index contributed by atoms with van der Waals surface area (Å²) < 4.78 is 17.7. The number of hydrogen-bond donors (Lipinski definition) is 2. The molecular weight excluding hydrogens is 466 g/mol. The van der Waals surface area contributed by atoms with E-state index in [-0.39, 0.29) is 52.6 Å². The minimum Gasteiger partial charge on any atom is -1.00 e. The summed E-state index contributed by atoms with van der Waals surface area (Å²) in [7, 11) is -4.78. The molecule has 192 valence electrons. The van der Waals surface area contributed by atoms with Crippen molar-refractivity contribution in [2.24, 2.45) is 0 Å². The zero-order valence-electron chi connectivity index (χ0n) is 25.2. The Bertz CT molecular complexity index is 940. The molecule has 2 N–H and O–H groups in total. The van der Waals surface area contributed by atoms with Crippen molar-refractivity contribution in [2.45, 2.75) is 111 Å². The van der Waals surface area contributed by atoms with Gasteiger partial charge >= 0.3 is 37.4 Å². The first-order valence-electron chi connectivity index (χ1n) is 12.0. The average Bonchev–Trinajstić information content (AvgIpc) is 2.62. The first-order chi connectivity index (χ1) is 15.0. The van der Waals surface area contributed by atoms with Crippen LogP contribution in [0.25, 0.3) is 0 Å². The molecule has 0 aromatic heterocycles. The van der Waals surface area contributed by atoms with Gasteiger partial charge in [0, 0.05) is 0 Å². The van der Waals surface area contributed by atoms with Gasteiger partial charge in [-0.2, -0.15) is 0 Å². The Labute approximate surface area is 237 Å².